The summed E-state index contributed by atoms with van der Waals surface area (Å²) in [7, 11) is 2.25. The maximum Gasteiger partial charge on any atom is -0.153 e. The van der Waals surface area contributed by atoms with Crippen LogP contribution in [0.4, 0.5) is 0 Å². The van der Waals surface area contributed by atoms with Crippen molar-refractivity contribution in [2.24, 2.45) is 5.41 Å². The maximum atomic E-state index is 8.25. The van der Waals surface area contributed by atoms with E-state index in [1.165, 1.54) is 54.0 Å². The maximum absolute atomic E-state index is 8.25. The second-order valence-electron chi connectivity index (χ2n) is 14.5. The van der Waals surface area contributed by atoms with Crippen LogP contribution in [0.15, 0.2) is 239 Å². The van der Waals surface area contributed by atoms with Gasteiger partial charge in [0.05, 0.1) is 0 Å². The van der Waals surface area contributed by atoms with Crippen molar-refractivity contribution in [3.63, 3.8) is 0 Å². The normalized spacial score (nSPS) is 12.6. The van der Waals surface area contributed by atoms with Crippen molar-refractivity contribution < 1.29 is 35.8 Å². The Balaban J connectivity index is 0.000000420. The summed E-state index contributed by atoms with van der Waals surface area (Å²) >= 11 is 2.25. The molecule has 6 aromatic carbocycles. The summed E-state index contributed by atoms with van der Waals surface area (Å²) in [4.78, 5) is 0. The largest absolute Gasteiger partial charge is 0.857 e. The van der Waals surface area contributed by atoms with Crippen molar-refractivity contribution >= 4 is 36.5 Å². The predicted molar refractivity (Wildman–Crippen MR) is 275 cm³/mol. The molecule has 0 bridgehead atoms. The number of rotatable bonds is 9. The first kappa shape index (κ1) is 56.9. The smallest absolute Gasteiger partial charge is 0.153 e. The molecule has 1 aliphatic rings. The van der Waals surface area contributed by atoms with Gasteiger partial charge in [0.1, 0.15) is 0 Å². The Morgan fingerprint density at radius 2 is 0.477 bits per heavy atom. The summed E-state index contributed by atoms with van der Waals surface area (Å²) in [5, 5.41) is 24.8. The van der Waals surface area contributed by atoms with E-state index < -0.39 is 0 Å². The average molecular weight is 895 g/mol. The topological polar surface area (TPSA) is 69.2 Å². The van der Waals surface area contributed by atoms with Gasteiger partial charge >= 0.3 is 81.1 Å². The standard InChI is InChI=1S/3C16H14.C10H15.3CH3O.Ti/c3*1-3-9-15(10-4-1)13-7-8-14-16-11-5-2-6-12-16;1-7-6-10(4,5)9(3)8(7)2;3*1-2;/h3*1-14H;1-5H3;3*1H3;/q;;;;3*-1;+3. The summed E-state index contributed by atoms with van der Waals surface area (Å²) in [5.41, 5.74) is 12.2. The second kappa shape index (κ2) is 36.2. The minimum Gasteiger partial charge on any atom is -0.857 e. The quantitative estimate of drug-likeness (QED) is 0.107. The molecule has 7 rings (SSSR count). The molecule has 0 amide bonds. The van der Waals surface area contributed by atoms with E-state index >= 15 is 0 Å². The summed E-state index contributed by atoms with van der Waals surface area (Å²) < 4.78 is 1.53. The van der Waals surface area contributed by atoms with Gasteiger partial charge in [-0.1, -0.05) is 255 Å². The van der Waals surface area contributed by atoms with Crippen LogP contribution >= 0.6 is 0 Å². The van der Waals surface area contributed by atoms with Crippen LogP contribution in [0, 0.1) is 5.41 Å². The van der Waals surface area contributed by atoms with E-state index in [9.17, 15) is 0 Å². The first-order valence-electron chi connectivity index (χ1n) is 21.4. The van der Waals surface area contributed by atoms with Crippen LogP contribution in [0.2, 0.25) is 0 Å². The Bertz CT molecular complexity index is 1940. The zero-order chi connectivity index (χ0) is 48.0. The zero-order valence-electron chi connectivity index (χ0n) is 39.5. The Morgan fingerprint density at radius 3 is 0.585 bits per heavy atom. The van der Waals surface area contributed by atoms with Gasteiger partial charge in [-0.25, -0.2) is 0 Å². The van der Waals surface area contributed by atoms with Crippen molar-refractivity contribution in [3.05, 3.63) is 272 Å². The van der Waals surface area contributed by atoms with Gasteiger partial charge in [-0.05, 0) is 33.4 Å². The number of hydrogen-bond donors (Lipinski definition) is 0. The third-order valence-electron chi connectivity index (χ3n) is 9.93. The van der Waals surface area contributed by atoms with Crippen molar-refractivity contribution in [2.75, 3.05) is 21.3 Å². The monoisotopic (exact) mass is 894 g/mol. The fourth-order valence-corrected chi connectivity index (χ4v) is 6.56. The molecule has 0 atom stereocenters. The Kier molecular flexibility index (Phi) is 31.7. The molecule has 6 aromatic rings. The predicted octanol–water partition coefficient (Wildman–Crippen LogP) is 13.4. The van der Waals surface area contributed by atoms with E-state index in [4.69, 9.17) is 15.3 Å². The molecular weight excluding hydrogens is 829 g/mol. The molecule has 0 fully saturated rings. The van der Waals surface area contributed by atoms with Crippen molar-refractivity contribution in [3.8, 4) is 0 Å². The molecule has 0 aliphatic heterocycles. The minimum atomic E-state index is 0.314. The first-order valence-corrected chi connectivity index (χ1v) is 22.2. The van der Waals surface area contributed by atoms with Crippen molar-refractivity contribution in [1.29, 1.82) is 0 Å². The number of hydrogen-bond acceptors (Lipinski definition) is 3. The van der Waals surface area contributed by atoms with Crippen LogP contribution in [0.25, 0.3) is 36.5 Å². The van der Waals surface area contributed by atoms with Gasteiger partial charge in [0, 0.05) is 0 Å². The molecule has 3 nitrogen and oxygen atoms in total. The van der Waals surface area contributed by atoms with E-state index in [0.717, 1.165) is 21.3 Å². The fraction of sp³-hybridized carbons (Fsp3) is 0.148. The molecule has 0 N–H and O–H groups in total. The van der Waals surface area contributed by atoms with Crippen molar-refractivity contribution in [1.82, 2.24) is 0 Å². The molecule has 332 valence electrons. The van der Waals surface area contributed by atoms with E-state index in [1.54, 1.807) is 0 Å². The van der Waals surface area contributed by atoms with Crippen LogP contribution in [-0.4, -0.2) is 21.3 Å². The van der Waals surface area contributed by atoms with Gasteiger partial charge in [-0.2, -0.15) is 21.3 Å². The third-order valence-corrected chi connectivity index (χ3v) is 11.5. The van der Waals surface area contributed by atoms with Crippen LogP contribution in [-0.2, 0) is 20.4 Å². The summed E-state index contributed by atoms with van der Waals surface area (Å²) in [6, 6.07) is 61.7. The van der Waals surface area contributed by atoms with Gasteiger partial charge in [0.15, 0.2) is 0 Å². The molecule has 0 saturated carbocycles. The molecule has 0 aromatic heterocycles. The molecule has 65 heavy (non-hydrogen) atoms. The van der Waals surface area contributed by atoms with E-state index in [1.807, 2.05) is 109 Å². The van der Waals surface area contributed by atoms with Gasteiger partial charge in [0.25, 0.3) is 0 Å². The van der Waals surface area contributed by atoms with E-state index in [0.29, 0.717) is 5.41 Å². The van der Waals surface area contributed by atoms with Gasteiger partial charge in [-0.3, -0.25) is 0 Å². The second-order valence-corrected chi connectivity index (χ2v) is 15.3. The van der Waals surface area contributed by atoms with Gasteiger partial charge < -0.3 is 15.3 Å². The first-order chi connectivity index (χ1) is 31.7. The Labute approximate surface area is 403 Å². The van der Waals surface area contributed by atoms with Crippen molar-refractivity contribution in [2.45, 2.75) is 34.6 Å². The SMILES string of the molecule is C(C=Cc1ccccc1)=Cc1ccccc1.C(C=Cc1ccccc1)=Cc1ccccc1.C(C=Cc1ccccc1)=Cc1ccccc1.CC1=C(C)C(C)(C)[C]([Ti+3])=C1C.C[O-].C[O-].C[O-]. The molecule has 1 aliphatic carbocycles. The van der Waals surface area contributed by atoms with Gasteiger partial charge in [0.2, 0.25) is 0 Å². The molecule has 0 spiro atoms. The molecule has 0 saturated heterocycles. The van der Waals surface area contributed by atoms with Crippen LogP contribution in [0.1, 0.15) is 68.0 Å². The summed E-state index contributed by atoms with van der Waals surface area (Å²) in [5.74, 6) is 0. The summed E-state index contributed by atoms with van der Waals surface area (Å²) in [6.45, 7) is 11.3. The summed E-state index contributed by atoms with van der Waals surface area (Å²) in [6.07, 6.45) is 24.9. The Morgan fingerprint density at radius 1 is 0.308 bits per heavy atom. The zero-order valence-corrected chi connectivity index (χ0v) is 41.0. The van der Waals surface area contributed by atoms with Crippen LogP contribution in [0.5, 0.6) is 0 Å². The molecular formula is C61H66O3Ti. The van der Waals surface area contributed by atoms with Crippen LogP contribution in [0.3, 0.4) is 0 Å². The van der Waals surface area contributed by atoms with Crippen LogP contribution < -0.4 is 15.3 Å². The molecule has 4 heteroatoms. The number of allylic oxidation sites excluding steroid dienone is 10. The fourth-order valence-electron chi connectivity index (χ4n) is 5.98. The molecule has 0 unspecified atom stereocenters. The van der Waals surface area contributed by atoms with E-state index in [-0.39, 0.29) is 0 Å². The average Bonchev–Trinajstić information content (AvgIpc) is 3.51. The van der Waals surface area contributed by atoms with E-state index in [2.05, 4.69) is 201 Å². The third kappa shape index (κ3) is 23.9. The minimum absolute atomic E-state index is 0.314. The molecule has 0 heterocycles. The molecule has 0 radical (unpaired) electrons. The number of benzene rings is 6. The van der Waals surface area contributed by atoms with Gasteiger partial charge in [-0.15, -0.1) is 0 Å². The Hall–Kier alpha value is -6.17.